The molecule has 0 radical (unpaired) electrons. The van der Waals surface area contributed by atoms with E-state index < -0.39 is 0 Å². The fourth-order valence-electron chi connectivity index (χ4n) is 2.71. The van der Waals surface area contributed by atoms with Crippen molar-refractivity contribution in [1.82, 2.24) is 4.57 Å². The number of benzene rings is 2. The Labute approximate surface area is 156 Å². The van der Waals surface area contributed by atoms with Gasteiger partial charge in [0.05, 0.1) is 5.69 Å². The van der Waals surface area contributed by atoms with Gasteiger partial charge in [-0.2, -0.15) is 0 Å². The van der Waals surface area contributed by atoms with Crippen LogP contribution in [0.5, 0.6) is 0 Å². The van der Waals surface area contributed by atoms with E-state index in [9.17, 15) is 4.79 Å². The van der Waals surface area contributed by atoms with Crippen LogP contribution in [0.1, 0.15) is 32.7 Å². The van der Waals surface area contributed by atoms with E-state index in [1.165, 1.54) is 5.56 Å². The largest absolute Gasteiger partial charge is 0.341 e. The zero-order valence-electron chi connectivity index (χ0n) is 14.2. The summed E-state index contributed by atoms with van der Waals surface area (Å²) in [7, 11) is 0. The lowest BCUT2D eigenvalue weighted by Gasteiger charge is -2.06. The Morgan fingerprint density at radius 1 is 1.08 bits per heavy atom. The molecule has 0 aliphatic heterocycles. The fraction of sp³-hybridized carbons (Fsp3) is 0.136. The number of hydrogen-bond acceptors (Lipinski definition) is 1. The van der Waals surface area contributed by atoms with Crippen LogP contribution < -0.4 is 0 Å². The van der Waals surface area contributed by atoms with Crippen LogP contribution in [0, 0.1) is 6.92 Å². The minimum Gasteiger partial charge on any atom is -0.341 e. The van der Waals surface area contributed by atoms with Gasteiger partial charge in [-0.3, -0.25) is 4.79 Å². The highest BCUT2D eigenvalue weighted by molar-refractivity contribution is 9.08. The lowest BCUT2D eigenvalue weighted by molar-refractivity contribution is 0.103. The molecule has 0 aliphatic carbocycles. The van der Waals surface area contributed by atoms with Crippen molar-refractivity contribution in [2.45, 2.75) is 18.8 Å². The number of halogens is 1. The fourth-order valence-corrected chi connectivity index (χ4v) is 3.06. The van der Waals surface area contributed by atoms with E-state index >= 15 is 0 Å². The van der Waals surface area contributed by atoms with Crippen molar-refractivity contribution in [3.05, 3.63) is 101 Å². The number of aromatic nitrogens is 1. The first-order valence-corrected chi connectivity index (χ1v) is 9.37. The van der Waals surface area contributed by atoms with Crippen LogP contribution in [-0.4, -0.2) is 10.4 Å². The highest BCUT2D eigenvalue weighted by Gasteiger charge is 2.12. The molecule has 3 rings (SSSR count). The van der Waals surface area contributed by atoms with E-state index in [0.29, 0.717) is 12.2 Å². The third-order valence-electron chi connectivity index (χ3n) is 4.09. The molecule has 0 saturated carbocycles. The monoisotopic (exact) mass is 393 g/mol. The standard InChI is InChI=1S/C22H20BrNO/c1-17-9-11-20(12-10-17)22(25)21-8-4-14-24(21)13-3-7-18-5-2-6-19(15-18)16-23/h2-12,14-15H,13,16H2,1H3. The van der Waals surface area contributed by atoms with Crippen LogP contribution in [-0.2, 0) is 11.9 Å². The van der Waals surface area contributed by atoms with Crippen LogP contribution >= 0.6 is 15.9 Å². The van der Waals surface area contributed by atoms with Crippen LogP contribution in [0.3, 0.4) is 0 Å². The first-order valence-electron chi connectivity index (χ1n) is 8.25. The Kier molecular flexibility index (Phi) is 5.67. The van der Waals surface area contributed by atoms with E-state index in [-0.39, 0.29) is 5.78 Å². The van der Waals surface area contributed by atoms with Gasteiger partial charge in [-0.25, -0.2) is 0 Å². The molecule has 2 nitrogen and oxygen atoms in total. The molecule has 0 atom stereocenters. The third kappa shape index (κ3) is 4.37. The summed E-state index contributed by atoms with van der Waals surface area (Å²) in [4.78, 5) is 12.7. The first-order chi connectivity index (χ1) is 12.2. The van der Waals surface area contributed by atoms with Gasteiger partial charge in [0, 0.05) is 23.6 Å². The molecule has 0 saturated heterocycles. The summed E-state index contributed by atoms with van der Waals surface area (Å²) in [5, 5.41) is 0.849. The van der Waals surface area contributed by atoms with Crippen molar-refractivity contribution in [1.29, 1.82) is 0 Å². The maximum atomic E-state index is 12.7. The maximum absolute atomic E-state index is 12.7. The summed E-state index contributed by atoms with van der Waals surface area (Å²) in [6.07, 6.45) is 6.12. The molecule has 25 heavy (non-hydrogen) atoms. The Morgan fingerprint density at radius 3 is 2.64 bits per heavy atom. The second-order valence-corrected chi connectivity index (χ2v) is 6.58. The molecule has 126 valence electrons. The van der Waals surface area contributed by atoms with Crippen molar-refractivity contribution < 1.29 is 4.79 Å². The van der Waals surface area contributed by atoms with E-state index in [0.717, 1.165) is 22.0 Å². The Balaban J connectivity index is 1.74. The van der Waals surface area contributed by atoms with E-state index in [2.05, 4.69) is 52.3 Å². The van der Waals surface area contributed by atoms with Crippen LogP contribution in [0.2, 0.25) is 0 Å². The van der Waals surface area contributed by atoms with Crippen LogP contribution in [0.15, 0.2) is 72.9 Å². The normalized spacial score (nSPS) is 11.1. The minimum absolute atomic E-state index is 0.0553. The number of alkyl halides is 1. The number of carbonyl (C=O) groups excluding carboxylic acids is 1. The summed E-state index contributed by atoms with van der Waals surface area (Å²) in [6.45, 7) is 2.69. The van der Waals surface area contributed by atoms with Crippen LogP contribution in [0.4, 0.5) is 0 Å². The number of allylic oxidation sites excluding steroid dienone is 1. The number of carbonyl (C=O) groups is 1. The molecule has 2 aromatic carbocycles. The van der Waals surface area contributed by atoms with Crippen LogP contribution in [0.25, 0.3) is 6.08 Å². The number of nitrogens with zero attached hydrogens (tertiary/aromatic N) is 1. The summed E-state index contributed by atoms with van der Waals surface area (Å²) in [5.41, 5.74) is 5.00. The number of hydrogen-bond donors (Lipinski definition) is 0. The molecule has 0 N–H and O–H groups in total. The molecule has 0 fully saturated rings. The van der Waals surface area contributed by atoms with E-state index in [1.807, 2.05) is 54.1 Å². The quantitative estimate of drug-likeness (QED) is 0.392. The van der Waals surface area contributed by atoms with Crippen molar-refractivity contribution in [3.63, 3.8) is 0 Å². The first kappa shape index (κ1) is 17.4. The Hall–Kier alpha value is -2.39. The predicted octanol–water partition coefficient (Wildman–Crippen LogP) is 5.64. The molecular formula is C22H20BrNO. The summed E-state index contributed by atoms with van der Waals surface area (Å²) >= 11 is 3.48. The van der Waals surface area contributed by atoms with Gasteiger partial charge in [-0.15, -0.1) is 0 Å². The van der Waals surface area contributed by atoms with Gasteiger partial charge in [0.1, 0.15) is 0 Å². The third-order valence-corrected chi connectivity index (χ3v) is 4.74. The molecule has 1 heterocycles. The summed E-state index contributed by atoms with van der Waals surface area (Å²) < 4.78 is 1.98. The molecule has 0 spiro atoms. The molecule has 3 aromatic rings. The van der Waals surface area contributed by atoms with Gasteiger partial charge in [-0.05, 0) is 30.2 Å². The van der Waals surface area contributed by atoms with Gasteiger partial charge in [0.25, 0.3) is 0 Å². The van der Waals surface area contributed by atoms with E-state index in [1.54, 1.807) is 0 Å². The molecule has 3 heteroatoms. The predicted molar refractivity (Wildman–Crippen MR) is 107 cm³/mol. The highest BCUT2D eigenvalue weighted by atomic mass is 79.9. The smallest absolute Gasteiger partial charge is 0.209 e. The molecule has 0 unspecified atom stereocenters. The van der Waals surface area contributed by atoms with Gasteiger partial charge in [0.2, 0.25) is 5.78 Å². The lowest BCUT2D eigenvalue weighted by Crippen LogP contribution is -2.09. The highest BCUT2D eigenvalue weighted by Crippen LogP contribution is 2.14. The van der Waals surface area contributed by atoms with Gasteiger partial charge >= 0.3 is 0 Å². The topological polar surface area (TPSA) is 22.0 Å². The number of aryl methyl sites for hydroxylation is 1. The molecule has 0 amide bonds. The Morgan fingerprint density at radius 2 is 1.88 bits per heavy atom. The number of rotatable bonds is 6. The van der Waals surface area contributed by atoms with Crippen molar-refractivity contribution in [2.75, 3.05) is 0 Å². The van der Waals surface area contributed by atoms with Crippen molar-refractivity contribution >= 4 is 27.8 Å². The van der Waals surface area contributed by atoms with Gasteiger partial charge < -0.3 is 4.57 Å². The minimum atomic E-state index is 0.0553. The summed E-state index contributed by atoms with van der Waals surface area (Å²) in [5.74, 6) is 0.0553. The second kappa shape index (κ2) is 8.13. The zero-order valence-corrected chi connectivity index (χ0v) is 15.7. The second-order valence-electron chi connectivity index (χ2n) is 6.02. The Bertz CT molecular complexity index is 890. The van der Waals surface area contributed by atoms with Gasteiger partial charge in [0.15, 0.2) is 0 Å². The molecule has 0 bridgehead atoms. The van der Waals surface area contributed by atoms with Crippen molar-refractivity contribution in [3.8, 4) is 0 Å². The average molecular weight is 394 g/mol. The average Bonchev–Trinajstić information content (AvgIpc) is 3.10. The lowest BCUT2D eigenvalue weighted by atomic mass is 10.1. The van der Waals surface area contributed by atoms with Crippen molar-refractivity contribution in [2.24, 2.45) is 0 Å². The number of ketones is 1. The summed E-state index contributed by atoms with van der Waals surface area (Å²) in [6, 6.07) is 19.9. The zero-order chi connectivity index (χ0) is 17.6. The van der Waals surface area contributed by atoms with Gasteiger partial charge in [-0.1, -0.05) is 82.2 Å². The SMILES string of the molecule is Cc1ccc(C(=O)c2cccn2CC=Cc2cccc(CBr)c2)cc1. The maximum Gasteiger partial charge on any atom is 0.209 e. The molecule has 1 aromatic heterocycles. The molecule has 0 aliphatic rings. The van der Waals surface area contributed by atoms with E-state index in [4.69, 9.17) is 0 Å². The molecular weight excluding hydrogens is 374 g/mol.